The summed E-state index contributed by atoms with van der Waals surface area (Å²) in [4.78, 5) is 4.15. The van der Waals surface area contributed by atoms with E-state index >= 15 is 0 Å². The molecular weight excluding hydrogens is 214 g/mol. The first-order valence-corrected chi connectivity index (χ1v) is 6.53. The molecular formula is C13H23N3O. The summed E-state index contributed by atoms with van der Waals surface area (Å²) in [5.41, 5.74) is 0. The number of hydrogen-bond acceptors (Lipinski definition) is 3. The van der Waals surface area contributed by atoms with Gasteiger partial charge in [-0.25, -0.2) is 4.98 Å². The van der Waals surface area contributed by atoms with Crippen LogP contribution in [0.4, 0.5) is 0 Å². The van der Waals surface area contributed by atoms with Gasteiger partial charge in [0.1, 0.15) is 0 Å². The molecule has 96 valence electrons. The Balaban J connectivity index is 1.87. The van der Waals surface area contributed by atoms with Crippen LogP contribution in [-0.2, 0) is 4.74 Å². The van der Waals surface area contributed by atoms with Crippen LogP contribution in [0.1, 0.15) is 38.6 Å². The summed E-state index contributed by atoms with van der Waals surface area (Å²) in [7, 11) is 1.76. The molecule has 1 fully saturated rings. The molecule has 17 heavy (non-hydrogen) atoms. The van der Waals surface area contributed by atoms with Gasteiger partial charge in [-0.3, -0.25) is 0 Å². The molecule has 0 spiro atoms. The van der Waals surface area contributed by atoms with Gasteiger partial charge < -0.3 is 14.6 Å². The number of imidazole rings is 1. The molecule has 0 radical (unpaired) electrons. The molecule has 1 aromatic rings. The Kier molecular flexibility index (Phi) is 4.57. The van der Waals surface area contributed by atoms with E-state index in [0.29, 0.717) is 18.1 Å². The van der Waals surface area contributed by atoms with E-state index in [1.54, 1.807) is 7.11 Å². The molecule has 3 atom stereocenters. The number of nitrogens with one attached hydrogen (secondary N) is 1. The third-order valence-electron chi connectivity index (χ3n) is 3.64. The molecule has 3 unspecified atom stereocenters. The highest BCUT2D eigenvalue weighted by atomic mass is 16.5. The van der Waals surface area contributed by atoms with Crippen molar-refractivity contribution in [3.8, 4) is 0 Å². The Morgan fingerprint density at radius 2 is 2.41 bits per heavy atom. The number of hydrogen-bond donors (Lipinski definition) is 1. The van der Waals surface area contributed by atoms with Crippen molar-refractivity contribution in [3.63, 3.8) is 0 Å². The number of methoxy groups -OCH3 is 1. The second kappa shape index (κ2) is 6.17. The highest BCUT2D eigenvalue weighted by Crippen LogP contribution is 2.30. The largest absolute Gasteiger partial charge is 0.385 e. The Morgan fingerprint density at radius 1 is 1.53 bits per heavy atom. The van der Waals surface area contributed by atoms with Gasteiger partial charge in [0.2, 0.25) is 0 Å². The molecule has 2 rings (SSSR count). The van der Waals surface area contributed by atoms with E-state index in [9.17, 15) is 0 Å². The SMILES string of the molecule is COCCC(C)NC1CCCC1n1ccnc1. The molecule has 0 saturated heterocycles. The highest BCUT2D eigenvalue weighted by Gasteiger charge is 2.28. The van der Waals surface area contributed by atoms with Crippen LogP contribution in [0.25, 0.3) is 0 Å². The molecule has 0 bridgehead atoms. The number of nitrogens with zero attached hydrogens (tertiary/aromatic N) is 2. The summed E-state index contributed by atoms with van der Waals surface area (Å²) >= 11 is 0. The van der Waals surface area contributed by atoms with Gasteiger partial charge in [-0.15, -0.1) is 0 Å². The van der Waals surface area contributed by atoms with Gasteiger partial charge in [0.25, 0.3) is 0 Å². The van der Waals surface area contributed by atoms with Crippen molar-refractivity contribution in [2.75, 3.05) is 13.7 Å². The van der Waals surface area contributed by atoms with Crippen LogP contribution in [0.2, 0.25) is 0 Å². The third-order valence-corrected chi connectivity index (χ3v) is 3.64. The summed E-state index contributed by atoms with van der Waals surface area (Å²) in [5.74, 6) is 0. The van der Waals surface area contributed by atoms with Crippen LogP contribution >= 0.6 is 0 Å². The standard InChI is InChI=1S/C13H23N3O/c1-11(6-9-17-2)15-12-4-3-5-13(12)16-8-7-14-10-16/h7-8,10-13,15H,3-6,9H2,1-2H3. The monoisotopic (exact) mass is 237 g/mol. The van der Waals surface area contributed by atoms with Crippen LogP contribution in [0.3, 0.4) is 0 Å². The molecule has 1 heterocycles. The minimum absolute atomic E-state index is 0.518. The Labute approximate surface area is 103 Å². The predicted molar refractivity (Wildman–Crippen MR) is 68.0 cm³/mol. The van der Waals surface area contributed by atoms with E-state index in [2.05, 4.69) is 28.0 Å². The predicted octanol–water partition coefficient (Wildman–Crippen LogP) is 1.99. The minimum Gasteiger partial charge on any atom is -0.385 e. The van der Waals surface area contributed by atoms with Crippen molar-refractivity contribution in [3.05, 3.63) is 18.7 Å². The normalized spacial score (nSPS) is 26.2. The average Bonchev–Trinajstić information content (AvgIpc) is 2.95. The Hall–Kier alpha value is -0.870. The van der Waals surface area contributed by atoms with E-state index in [1.807, 2.05) is 12.5 Å². The topological polar surface area (TPSA) is 39.1 Å². The van der Waals surface area contributed by atoms with Crippen LogP contribution < -0.4 is 5.32 Å². The Bertz CT molecular complexity index is 312. The molecule has 1 aliphatic carbocycles. The first kappa shape index (κ1) is 12.6. The van der Waals surface area contributed by atoms with Gasteiger partial charge in [-0.05, 0) is 32.6 Å². The first-order chi connectivity index (χ1) is 8.31. The fourth-order valence-corrected chi connectivity index (χ4v) is 2.70. The smallest absolute Gasteiger partial charge is 0.0949 e. The molecule has 4 nitrogen and oxygen atoms in total. The molecule has 0 aromatic carbocycles. The van der Waals surface area contributed by atoms with Crippen LogP contribution in [0.15, 0.2) is 18.7 Å². The number of aromatic nitrogens is 2. The van der Waals surface area contributed by atoms with E-state index in [-0.39, 0.29) is 0 Å². The van der Waals surface area contributed by atoms with Gasteiger partial charge in [0.05, 0.1) is 6.33 Å². The maximum Gasteiger partial charge on any atom is 0.0949 e. The van der Waals surface area contributed by atoms with E-state index in [1.165, 1.54) is 19.3 Å². The summed E-state index contributed by atoms with van der Waals surface area (Å²) in [5, 5.41) is 3.72. The van der Waals surface area contributed by atoms with Crippen molar-refractivity contribution in [2.45, 2.75) is 50.7 Å². The van der Waals surface area contributed by atoms with E-state index in [0.717, 1.165) is 13.0 Å². The molecule has 1 aromatic heterocycles. The fraction of sp³-hybridized carbons (Fsp3) is 0.769. The van der Waals surface area contributed by atoms with Crippen molar-refractivity contribution in [1.29, 1.82) is 0 Å². The summed E-state index contributed by atoms with van der Waals surface area (Å²) < 4.78 is 7.36. The maximum absolute atomic E-state index is 5.12. The summed E-state index contributed by atoms with van der Waals surface area (Å²) in [6, 6.07) is 1.67. The van der Waals surface area contributed by atoms with Gasteiger partial charge in [-0.2, -0.15) is 0 Å². The maximum atomic E-state index is 5.12. The second-order valence-corrected chi connectivity index (χ2v) is 4.96. The van der Waals surface area contributed by atoms with Gasteiger partial charge in [0, 0.05) is 44.2 Å². The van der Waals surface area contributed by atoms with Crippen molar-refractivity contribution in [2.24, 2.45) is 0 Å². The zero-order valence-corrected chi connectivity index (χ0v) is 10.8. The van der Waals surface area contributed by atoms with Crippen molar-refractivity contribution >= 4 is 0 Å². The molecule has 1 N–H and O–H groups in total. The van der Waals surface area contributed by atoms with Gasteiger partial charge in [-0.1, -0.05) is 0 Å². The molecule has 0 amide bonds. The lowest BCUT2D eigenvalue weighted by Gasteiger charge is -2.25. The summed E-state index contributed by atoms with van der Waals surface area (Å²) in [6.45, 7) is 3.07. The molecule has 4 heteroatoms. The first-order valence-electron chi connectivity index (χ1n) is 6.53. The van der Waals surface area contributed by atoms with Crippen LogP contribution in [-0.4, -0.2) is 35.4 Å². The van der Waals surface area contributed by atoms with E-state index < -0.39 is 0 Å². The lowest BCUT2D eigenvalue weighted by atomic mass is 10.1. The van der Waals surface area contributed by atoms with E-state index in [4.69, 9.17) is 4.74 Å². The van der Waals surface area contributed by atoms with Crippen LogP contribution in [0.5, 0.6) is 0 Å². The quantitative estimate of drug-likeness (QED) is 0.822. The fourth-order valence-electron chi connectivity index (χ4n) is 2.70. The van der Waals surface area contributed by atoms with Gasteiger partial charge >= 0.3 is 0 Å². The molecule has 1 aliphatic rings. The molecule has 0 aliphatic heterocycles. The number of ether oxygens (including phenoxy) is 1. The third kappa shape index (κ3) is 3.30. The van der Waals surface area contributed by atoms with Crippen LogP contribution in [0, 0.1) is 0 Å². The lowest BCUT2D eigenvalue weighted by molar-refractivity contribution is 0.180. The lowest BCUT2D eigenvalue weighted by Crippen LogP contribution is -2.40. The zero-order chi connectivity index (χ0) is 12.1. The molecule has 1 saturated carbocycles. The van der Waals surface area contributed by atoms with Gasteiger partial charge in [0.15, 0.2) is 0 Å². The summed E-state index contributed by atoms with van der Waals surface area (Å²) in [6.07, 6.45) is 10.8. The van der Waals surface area contributed by atoms with Crippen molar-refractivity contribution in [1.82, 2.24) is 14.9 Å². The highest BCUT2D eigenvalue weighted by molar-refractivity contribution is 4.92. The Morgan fingerprint density at radius 3 is 3.12 bits per heavy atom. The average molecular weight is 237 g/mol. The number of rotatable bonds is 6. The second-order valence-electron chi connectivity index (χ2n) is 4.96. The van der Waals surface area contributed by atoms with Crippen molar-refractivity contribution < 1.29 is 4.74 Å². The zero-order valence-electron chi connectivity index (χ0n) is 10.8. The minimum atomic E-state index is 0.518.